The number of hydrogen-bond donors (Lipinski definition) is 1. The van der Waals surface area contributed by atoms with Gasteiger partial charge in [0.2, 0.25) is 0 Å². The number of halogens is 1. The SMILES string of the molecule is Cc1ccc2c(c1)C(c1ccccc1)CCOP(=O)(Nc1ccc(Br)cc1)O2. The molecule has 6 heteroatoms. The fraction of sp³-hybridized carbons (Fsp3) is 0.182. The quantitative estimate of drug-likeness (QED) is 0.434. The van der Waals surface area contributed by atoms with E-state index in [-0.39, 0.29) is 5.92 Å². The molecular formula is C22H21BrNO3P. The van der Waals surface area contributed by atoms with Gasteiger partial charge in [-0.15, -0.1) is 0 Å². The summed E-state index contributed by atoms with van der Waals surface area (Å²) in [5.41, 5.74) is 4.05. The second-order valence-electron chi connectivity index (χ2n) is 6.83. The third kappa shape index (κ3) is 4.33. The molecule has 0 radical (unpaired) electrons. The molecule has 0 bridgehead atoms. The van der Waals surface area contributed by atoms with Gasteiger partial charge in [0.1, 0.15) is 5.75 Å². The van der Waals surface area contributed by atoms with Crippen LogP contribution in [0.2, 0.25) is 0 Å². The van der Waals surface area contributed by atoms with Crippen LogP contribution in [0.3, 0.4) is 0 Å². The lowest BCUT2D eigenvalue weighted by Crippen LogP contribution is -2.16. The molecule has 1 aliphatic heterocycles. The summed E-state index contributed by atoms with van der Waals surface area (Å²) < 4.78 is 26.1. The van der Waals surface area contributed by atoms with Crippen molar-refractivity contribution in [3.05, 3.63) is 94.0 Å². The van der Waals surface area contributed by atoms with Crippen LogP contribution in [-0.2, 0) is 9.09 Å². The van der Waals surface area contributed by atoms with Crippen LogP contribution < -0.4 is 9.61 Å². The van der Waals surface area contributed by atoms with Gasteiger partial charge in [0.15, 0.2) is 0 Å². The van der Waals surface area contributed by atoms with Crippen molar-refractivity contribution in [3.8, 4) is 5.75 Å². The van der Waals surface area contributed by atoms with E-state index < -0.39 is 7.75 Å². The molecule has 0 fully saturated rings. The summed E-state index contributed by atoms with van der Waals surface area (Å²) in [5, 5.41) is 2.95. The van der Waals surface area contributed by atoms with E-state index in [1.54, 1.807) is 0 Å². The molecule has 0 aliphatic carbocycles. The van der Waals surface area contributed by atoms with E-state index in [2.05, 4.69) is 46.1 Å². The van der Waals surface area contributed by atoms with Crippen molar-refractivity contribution in [1.82, 2.24) is 0 Å². The van der Waals surface area contributed by atoms with E-state index >= 15 is 0 Å². The highest BCUT2D eigenvalue weighted by Crippen LogP contribution is 2.52. The number of anilines is 1. The minimum Gasteiger partial charge on any atom is -0.409 e. The van der Waals surface area contributed by atoms with Gasteiger partial charge in [0, 0.05) is 21.6 Å². The molecule has 2 atom stereocenters. The molecule has 3 aromatic rings. The number of hydrogen-bond acceptors (Lipinski definition) is 3. The number of aryl methyl sites for hydroxylation is 1. The molecule has 2 unspecified atom stereocenters. The van der Waals surface area contributed by atoms with Crippen molar-refractivity contribution < 1.29 is 13.6 Å². The Bertz CT molecular complexity index is 1010. The van der Waals surface area contributed by atoms with Crippen LogP contribution in [0.15, 0.2) is 77.3 Å². The van der Waals surface area contributed by atoms with Crippen molar-refractivity contribution in [3.63, 3.8) is 0 Å². The number of nitrogens with one attached hydrogen (secondary N) is 1. The van der Waals surface area contributed by atoms with Gasteiger partial charge < -0.3 is 4.52 Å². The molecule has 1 aliphatic rings. The van der Waals surface area contributed by atoms with Gasteiger partial charge in [0.05, 0.1) is 6.61 Å². The highest BCUT2D eigenvalue weighted by Gasteiger charge is 2.32. The van der Waals surface area contributed by atoms with Gasteiger partial charge in [-0.25, -0.2) is 4.57 Å². The molecule has 4 nitrogen and oxygen atoms in total. The van der Waals surface area contributed by atoms with Crippen molar-refractivity contribution in [2.45, 2.75) is 19.3 Å². The van der Waals surface area contributed by atoms with Crippen molar-refractivity contribution in [2.24, 2.45) is 0 Å². The van der Waals surface area contributed by atoms with E-state index in [4.69, 9.17) is 9.05 Å². The highest BCUT2D eigenvalue weighted by atomic mass is 79.9. The molecule has 0 aromatic heterocycles. The Balaban J connectivity index is 1.70. The molecule has 0 saturated carbocycles. The van der Waals surface area contributed by atoms with Gasteiger partial charge in [-0.1, -0.05) is 64.0 Å². The minimum absolute atomic E-state index is 0.123. The summed E-state index contributed by atoms with van der Waals surface area (Å²) in [7, 11) is -3.55. The largest absolute Gasteiger partial charge is 0.486 e. The van der Waals surface area contributed by atoms with E-state index in [0.29, 0.717) is 18.0 Å². The van der Waals surface area contributed by atoms with Crippen LogP contribution in [-0.4, -0.2) is 6.61 Å². The predicted octanol–water partition coefficient (Wildman–Crippen LogP) is 6.91. The Kier molecular flexibility index (Phi) is 5.58. The summed E-state index contributed by atoms with van der Waals surface area (Å²) >= 11 is 3.40. The van der Waals surface area contributed by atoms with Crippen molar-refractivity contribution in [1.29, 1.82) is 0 Å². The number of rotatable bonds is 3. The smallest absolute Gasteiger partial charge is 0.409 e. The molecule has 0 amide bonds. The summed E-state index contributed by atoms with van der Waals surface area (Å²) in [6.07, 6.45) is 0.718. The Hall–Kier alpha value is -2.07. The zero-order chi connectivity index (χ0) is 19.6. The molecule has 1 N–H and O–H groups in total. The highest BCUT2D eigenvalue weighted by molar-refractivity contribution is 9.10. The van der Waals surface area contributed by atoms with Crippen LogP contribution in [0.1, 0.15) is 29.0 Å². The molecule has 3 aromatic carbocycles. The average molecular weight is 458 g/mol. The van der Waals surface area contributed by atoms with Gasteiger partial charge in [0.25, 0.3) is 0 Å². The Morgan fingerprint density at radius 1 is 1.04 bits per heavy atom. The fourth-order valence-electron chi connectivity index (χ4n) is 3.39. The molecule has 28 heavy (non-hydrogen) atoms. The maximum absolute atomic E-state index is 13.4. The van der Waals surface area contributed by atoms with Crippen LogP contribution in [0.5, 0.6) is 5.75 Å². The normalized spacial score (nSPS) is 21.7. The second-order valence-corrected chi connectivity index (χ2v) is 9.41. The van der Waals surface area contributed by atoms with Crippen molar-refractivity contribution in [2.75, 3.05) is 11.7 Å². The zero-order valence-corrected chi connectivity index (χ0v) is 18.0. The zero-order valence-electron chi connectivity index (χ0n) is 15.5. The Labute approximate surface area is 173 Å². The third-order valence-corrected chi connectivity index (χ3v) is 6.76. The van der Waals surface area contributed by atoms with Crippen LogP contribution in [0.4, 0.5) is 5.69 Å². The first-order valence-electron chi connectivity index (χ1n) is 9.16. The van der Waals surface area contributed by atoms with Crippen molar-refractivity contribution >= 4 is 29.4 Å². The molecule has 0 saturated heterocycles. The van der Waals surface area contributed by atoms with Gasteiger partial charge in [-0.05, 0) is 49.2 Å². The molecular weight excluding hydrogens is 437 g/mol. The van der Waals surface area contributed by atoms with Crippen LogP contribution in [0, 0.1) is 6.92 Å². The van der Waals surface area contributed by atoms with Crippen LogP contribution >= 0.6 is 23.7 Å². The van der Waals surface area contributed by atoms with Gasteiger partial charge in [-0.3, -0.25) is 9.61 Å². The number of fused-ring (bicyclic) bond motifs is 1. The topological polar surface area (TPSA) is 47.6 Å². The summed E-state index contributed by atoms with van der Waals surface area (Å²) in [4.78, 5) is 0. The lowest BCUT2D eigenvalue weighted by molar-refractivity contribution is 0.252. The van der Waals surface area contributed by atoms with E-state index in [1.165, 1.54) is 5.56 Å². The maximum atomic E-state index is 13.4. The van der Waals surface area contributed by atoms with E-state index in [1.807, 2.05) is 54.6 Å². The molecule has 144 valence electrons. The standard InChI is InChI=1S/C22H21BrNO3P/c1-16-7-12-22-21(15-16)20(17-5-3-2-4-6-17)13-14-26-28(25,27-22)24-19-10-8-18(23)9-11-19/h2-12,15,20H,13-14H2,1H3,(H,24,25). The van der Waals surface area contributed by atoms with Crippen LogP contribution in [0.25, 0.3) is 0 Å². The number of benzene rings is 3. The van der Waals surface area contributed by atoms with E-state index in [9.17, 15) is 4.57 Å². The molecule has 1 heterocycles. The first-order chi connectivity index (χ1) is 13.5. The second kappa shape index (κ2) is 8.12. The summed E-state index contributed by atoms with van der Waals surface area (Å²) in [5.74, 6) is 0.713. The first-order valence-corrected chi connectivity index (χ1v) is 11.5. The average Bonchev–Trinajstić information content (AvgIpc) is 2.68. The van der Waals surface area contributed by atoms with Gasteiger partial charge in [-0.2, -0.15) is 0 Å². The maximum Gasteiger partial charge on any atom is 0.486 e. The lowest BCUT2D eigenvalue weighted by Gasteiger charge is -2.29. The molecule has 0 spiro atoms. The van der Waals surface area contributed by atoms with E-state index in [0.717, 1.165) is 22.0 Å². The fourth-order valence-corrected chi connectivity index (χ4v) is 5.06. The molecule has 4 rings (SSSR count). The lowest BCUT2D eigenvalue weighted by atomic mass is 9.87. The Morgan fingerprint density at radius 3 is 2.54 bits per heavy atom. The summed E-state index contributed by atoms with van der Waals surface area (Å²) in [6, 6.07) is 23.7. The predicted molar refractivity (Wildman–Crippen MR) is 116 cm³/mol. The monoisotopic (exact) mass is 457 g/mol. The third-order valence-electron chi connectivity index (χ3n) is 4.74. The first kappa shape index (κ1) is 19.3. The summed E-state index contributed by atoms with van der Waals surface area (Å²) in [6.45, 7) is 2.38. The van der Waals surface area contributed by atoms with Gasteiger partial charge >= 0.3 is 7.75 Å². The Morgan fingerprint density at radius 2 is 1.79 bits per heavy atom. The minimum atomic E-state index is -3.55.